The molecule has 7 nitrogen and oxygen atoms in total. The number of unbranched alkanes of at least 4 members (excludes halogenated alkanes) is 8. The molecular weight excluding hydrogens is 613 g/mol. The number of carbonyl (C=O) groups excluding carboxylic acids is 3. The lowest BCUT2D eigenvalue weighted by Gasteiger charge is -2.21. The highest BCUT2D eigenvalue weighted by atomic mass is 16.5. The fourth-order valence-electron chi connectivity index (χ4n) is 5.93. The van der Waals surface area contributed by atoms with E-state index in [2.05, 4.69) is 55.4 Å². The summed E-state index contributed by atoms with van der Waals surface area (Å²) in [7, 11) is 5.49. The van der Waals surface area contributed by atoms with E-state index in [0.29, 0.717) is 68.0 Å². The van der Waals surface area contributed by atoms with Crippen molar-refractivity contribution in [3.63, 3.8) is 0 Å². The second-order valence-electron chi connectivity index (χ2n) is 16.5. The highest BCUT2D eigenvalue weighted by Gasteiger charge is 2.19. The average Bonchev–Trinajstić information content (AvgIpc) is 3.01. The molecular formula is C41H79BNO6. The number of nitrogens with zero attached hydrogens (tertiary/aromatic N) is 1. The zero-order chi connectivity index (χ0) is 37.0. The van der Waals surface area contributed by atoms with Crippen molar-refractivity contribution in [2.75, 3.05) is 33.8 Å². The molecule has 287 valence electrons. The summed E-state index contributed by atoms with van der Waals surface area (Å²) in [5, 5.41) is 0. The van der Waals surface area contributed by atoms with Gasteiger partial charge >= 0.3 is 11.9 Å². The molecule has 0 N–H and O–H groups in total. The molecule has 0 spiro atoms. The Bertz CT molecular complexity index is 777. The van der Waals surface area contributed by atoms with Crippen molar-refractivity contribution in [1.29, 1.82) is 0 Å². The molecule has 0 saturated carbocycles. The van der Waals surface area contributed by atoms with Gasteiger partial charge in [0, 0.05) is 12.8 Å². The molecule has 0 aliphatic heterocycles. The van der Waals surface area contributed by atoms with Crippen LogP contribution in [0.1, 0.15) is 171 Å². The first-order valence-corrected chi connectivity index (χ1v) is 20.2. The number of hydrogen-bond donors (Lipinski definition) is 0. The van der Waals surface area contributed by atoms with Gasteiger partial charge in [0.25, 0.3) is 7.28 Å². The molecule has 0 aliphatic rings. The van der Waals surface area contributed by atoms with E-state index >= 15 is 0 Å². The Balaban J connectivity index is 4.32. The van der Waals surface area contributed by atoms with Crippen LogP contribution < -0.4 is 0 Å². The van der Waals surface area contributed by atoms with Crippen LogP contribution in [0.15, 0.2) is 0 Å². The zero-order valence-corrected chi connectivity index (χ0v) is 33.9. The van der Waals surface area contributed by atoms with E-state index in [1.54, 1.807) is 7.28 Å². The Hall–Kier alpha value is -1.57. The number of carbonyl (C=O) groups is 3. The van der Waals surface area contributed by atoms with Crippen LogP contribution in [0, 0.1) is 35.5 Å². The molecule has 2 atom stereocenters. The Labute approximate surface area is 304 Å². The van der Waals surface area contributed by atoms with Crippen molar-refractivity contribution < 1.29 is 28.6 Å². The predicted molar refractivity (Wildman–Crippen MR) is 206 cm³/mol. The summed E-state index contributed by atoms with van der Waals surface area (Å²) in [4.78, 5) is 39.0. The number of rotatable bonds is 32. The Morgan fingerprint density at radius 1 is 0.531 bits per heavy atom. The Morgan fingerprint density at radius 2 is 0.918 bits per heavy atom. The van der Waals surface area contributed by atoms with Crippen LogP contribution in [0.2, 0.25) is 0 Å². The summed E-state index contributed by atoms with van der Waals surface area (Å²) in [6.45, 7) is 18.9. The smallest absolute Gasteiger partial charge is 0.305 e. The first-order chi connectivity index (χ1) is 23.2. The van der Waals surface area contributed by atoms with Gasteiger partial charge in [-0.05, 0) is 107 Å². The predicted octanol–water partition coefficient (Wildman–Crippen LogP) is 10.7. The van der Waals surface area contributed by atoms with Gasteiger partial charge in [-0.1, -0.05) is 107 Å². The Morgan fingerprint density at radius 3 is 1.29 bits per heavy atom. The molecule has 0 saturated heterocycles. The molecule has 0 fully saturated rings. The summed E-state index contributed by atoms with van der Waals surface area (Å²) >= 11 is 0. The summed E-state index contributed by atoms with van der Waals surface area (Å²) in [6.07, 6.45) is 17.9. The molecule has 0 rings (SSSR count). The fraction of sp³-hybridized carbons (Fsp3) is 0.927. The van der Waals surface area contributed by atoms with E-state index in [1.807, 2.05) is 19.0 Å². The molecule has 0 bridgehead atoms. The summed E-state index contributed by atoms with van der Waals surface area (Å²) in [6, 6.07) is 0. The second kappa shape index (κ2) is 30.1. The lowest BCUT2D eigenvalue weighted by molar-refractivity contribution is -0.146. The molecule has 0 aromatic heterocycles. The highest BCUT2D eigenvalue weighted by Crippen LogP contribution is 2.23. The number of ether oxygens (including phenoxy) is 3. The Kier molecular flexibility index (Phi) is 29.1. The number of esters is 2. The van der Waals surface area contributed by atoms with Crippen molar-refractivity contribution in [3.8, 4) is 0 Å². The van der Waals surface area contributed by atoms with Crippen LogP contribution in [0.5, 0.6) is 0 Å². The van der Waals surface area contributed by atoms with E-state index in [9.17, 15) is 14.4 Å². The molecule has 2 unspecified atom stereocenters. The summed E-state index contributed by atoms with van der Waals surface area (Å²) in [5.74, 6) is 2.91. The van der Waals surface area contributed by atoms with Crippen LogP contribution in [-0.2, 0) is 23.8 Å². The topological polar surface area (TPSA) is 82.1 Å². The molecule has 0 heterocycles. The van der Waals surface area contributed by atoms with Crippen LogP contribution in [0.3, 0.4) is 0 Å². The molecule has 0 amide bonds. The van der Waals surface area contributed by atoms with E-state index in [1.165, 1.54) is 12.8 Å². The summed E-state index contributed by atoms with van der Waals surface area (Å²) < 4.78 is 17.1. The lowest BCUT2D eigenvalue weighted by Crippen LogP contribution is -2.28. The summed E-state index contributed by atoms with van der Waals surface area (Å²) in [5.41, 5.74) is 0. The minimum absolute atomic E-state index is 0.0648. The van der Waals surface area contributed by atoms with Gasteiger partial charge in [0.1, 0.15) is 6.10 Å². The first-order valence-electron chi connectivity index (χ1n) is 20.2. The van der Waals surface area contributed by atoms with Gasteiger partial charge in [-0.15, -0.1) is 0 Å². The van der Waals surface area contributed by atoms with Crippen LogP contribution in [0.25, 0.3) is 0 Å². The van der Waals surface area contributed by atoms with Gasteiger partial charge in [-0.2, -0.15) is 0 Å². The maximum absolute atomic E-state index is 12.4. The molecule has 0 aromatic carbocycles. The van der Waals surface area contributed by atoms with Gasteiger partial charge in [-0.3, -0.25) is 14.4 Å². The molecule has 0 aliphatic carbocycles. The van der Waals surface area contributed by atoms with Crippen LogP contribution in [-0.4, -0.2) is 69.8 Å². The van der Waals surface area contributed by atoms with Gasteiger partial charge in [0.05, 0.1) is 13.2 Å². The van der Waals surface area contributed by atoms with Crippen molar-refractivity contribution >= 4 is 25.1 Å². The second-order valence-corrected chi connectivity index (χ2v) is 16.5. The fourth-order valence-corrected chi connectivity index (χ4v) is 5.93. The minimum atomic E-state index is -0.233. The van der Waals surface area contributed by atoms with Gasteiger partial charge in [-0.25, -0.2) is 0 Å². The SMILES string of the molecule is CC(C)CCC(COC(=O)CCCCCCCC(CCCCCCCC(=O)OCC(CCC(C)C)C(C)C)OC(=O)[B]CN(C)C)C(C)C. The third-order valence-electron chi connectivity index (χ3n) is 9.75. The van der Waals surface area contributed by atoms with E-state index in [0.717, 1.165) is 89.9 Å². The normalized spacial score (nSPS) is 13.7. The quantitative estimate of drug-likeness (QED) is 0.0300. The lowest BCUT2D eigenvalue weighted by atomic mass is 9.78. The average molecular weight is 693 g/mol. The van der Waals surface area contributed by atoms with Gasteiger partial charge < -0.3 is 19.1 Å². The standard InChI is InChI=1S/C41H79BNO6/c1-32(2)25-27-36(34(5)6)29-47-39(44)23-19-15-11-13-17-21-38(49-41(46)42-31-43(9)10)22-18-14-12-16-20-24-40(45)48-30-37(35(7)8)28-26-33(3)4/h32-38H,11-31H2,1-10H3. The number of hydrogen-bond acceptors (Lipinski definition) is 7. The monoisotopic (exact) mass is 693 g/mol. The van der Waals surface area contributed by atoms with Crippen molar-refractivity contribution in [1.82, 2.24) is 4.90 Å². The highest BCUT2D eigenvalue weighted by molar-refractivity contribution is 6.72. The molecule has 0 aromatic rings. The molecule has 1 radical (unpaired) electrons. The largest absolute Gasteiger partial charge is 0.471 e. The third-order valence-corrected chi connectivity index (χ3v) is 9.75. The molecule has 8 heteroatoms. The van der Waals surface area contributed by atoms with Crippen molar-refractivity contribution in [3.05, 3.63) is 0 Å². The van der Waals surface area contributed by atoms with Crippen molar-refractivity contribution in [2.24, 2.45) is 35.5 Å². The maximum atomic E-state index is 12.4. The minimum Gasteiger partial charge on any atom is -0.471 e. The van der Waals surface area contributed by atoms with E-state index in [4.69, 9.17) is 14.2 Å². The van der Waals surface area contributed by atoms with Crippen LogP contribution in [0.4, 0.5) is 4.79 Å². The van der Waals surface area contributed by atoms with Crippen molar-refractivity contribution in [2.45, 2.75) is 177 Å². The van der Waals surface area contributed by atoms with Crippen LogP contribution >= 0.6 is 0 Å². The van der Waals surface area contributed by atoms with E-state index < -0.39 is 0 Å². The zero-order valence-electron chi connectivity index (χ0n) is 33.9. The maximum Gasteiger partial charge on any atom is 0.305 e. The molecule has 49 heavy (non-hydrogen) atoms. The first kappa shape index (κ1) is 47.4. The van der Waals surface area contributed by atoms with Gasteiger partial charge in [0.15, 0.2) is 0 Å². The van der Waals surface area contributed by atoms with E-state index in [-0.39, 0.29) is 23.9 Å². The third kappa shape index (κ3) is 29.8. The van der Waals surface area contributed by atoms with Gasteiger partial charge in [0.2, 0.25) is 5.87 Å².